The topological polar surface area (TPSA) is 32.3 Å². The third kappa shape index (κ3) is 1.97. The number of nitrogens with one attached hydrogen (secondary N) is 1. The van der Waals surface area contributed by atoms with Crippen LogP contribution in [0, 0.1) is 0 Å². The molecule has 1 N–H and O–H groups in total. The van der Waals surface area contributed by atoms with Gasteiger partial charge in [0.2, 0.25) is 5.91 Å². The standard InChI is InChI=1S/C9H18N2O/c1-4-8-6-11(7(2)3)9(12)5-10-8/h7-8,10H,4-6H2,1-3H3. The molecule has 1 fully saturated rings. The maximum absolute atomic E-state index is 11.4. The van der Waals surface area contributed by atoms with Gasteiger partial charge in [-0.1, -0.05) is 6.92 Å². The SMILES string of the molecule is CCC1CN(C(C)C)C(=O)CN1. The van der Waals surface area contributed by atoms with E-state index in [1.165, 1.54) is 0 Å². The molecule has 1 atom stereocenters. The summed E-state index contributed by atoms with van der Waals surface area (Å²) >= 11 is 0. The van der Waals surface area contributed by atoms with E-state index in [9.17, 15) is 4.79 Å². The lowest BCUT2D eigenvalue weighted by molar-refractivity contribution is -0.134. The Morgan fingerprint density at radius 3 is 2.83 bits per heavy atom. The third-order valence-corrected chi connectivity index (χ3v) is 2.40. The van der Waals surface area contributed by atoms with Gasteiger partial charge in [0, 0.05) is 18.6 Å². The van der Waals surface area contributed by atoms with Crippen LogP contribution in [0.4, 0.5) is 0 Å². The Morgan fingerprint density at radius 1 is 1.67 bits per heavy atom. The van der Waals surface area contributed by atoms with E-state index in [0.29, 0.717) is 18.6 Å². The van der Waals surface area contributed by atoms with E-state index in [-0.39, 0.29) is 5.91 Å². The molecule has 0 saturated carbocycles. The molecule has 1 aliphatic heterocycles. The van der Waals surface area contributed by atoms with E-state index in [1.807, 2.05) is 4.90 Å². The molecule has 1 unspecified atom stereocenters. The van der Waals surface area contributed by atoms with Gasteiger partial charge in [-0.2, -0.15) is 0 Å². The molecule has 0 spiro atoms. The normalized spacial score (nSPS) is 25.2. The van der Waals surface area contributed by atoms with Crippen LogP contribution in [0.25, 0.3) is 0 Å². The highest BCUT2D eigenvalue weighted by Crippen LogP contribution is 2.07. The number of carbonyl (C=O) groups is 1. The second kappa shape index (κ2) is 3.90. The van der Waals surface area contributed by atoms with Crippen LogP contribution in [-0.2, 0) is 4.79 Å². The van der Waals surface area contributed by atoms with Crippen LogP contribution in [0.1, 0.15) is 27.2 Å². The van der Waals surface area contributed by atoms with Gasteiger partial charge in [-0.25, -0.2) is 0 Å². The second-order valence-corrected chi connectivity index (χ2v) is 3.63. The maximum atomic E-state index is 11.4. The minimum atomic E-state index is 0.231. The van der Waals surface area contributed by atoms with Crippen molar-refractivity contribution in [2.24, 2.45) is 0 Å². The maximum Gasteiger partial charge on any atom is 0.236 e. The van der Waals surface area contributed by atoms with Crippen molar-refractivity contribution in [2.75, 3.05) is 13.1 Å². The summed E-state index contributed by atoms with van der Waals surface area (Å²) < 4.78 is 0. The Kier molecular flexibility index (Phi) is 3.09. The molecule has 70 valence electrons. The molecule has 1 aliphatic rings. The smallest absolute Gasteiger partial charge is 0.236 e. The van der Waals surface area contributed by atoms with E-state index < -0.39 is 0 Å². The number of rotatable bonds is 2. The summed E-state index contributed by atoms with van der Waals surface area (Å²) in [5, 5.41) is 3.21. The van der Waals surface area contributed by atoms with Crippen LogP contribution in [0.15, 0.2) is 0 Å². The molecule has 0 bridgehead atoms. The first-order valence-electron chi connectivity index (χ1n) is 4.68. The third-order valence-electron chi connectivity index (χ3n) is 2.40. The molecule has 0 aliphatic carbocycles. The van der Waals surface area contributed by atoms with Crippen molar-refractivity contribution in [3.05, 3.63) is 0 Å². The average molecular weight is 170 g/mol. The molecule has 0 radical (unpaired) electrons. The zero-order valence-corrected chi connectivity index (χ0v) is 8.13. The summed E-state index contributed by atoms with van der Waals surface area (Å²) in [6.45, 7) is 7.65. The number of hydrogen-bond acceptors (Lipinski definition) is 2. The quantitative estimate of drug-likeness (QED) is 0.658. The molecule has 0 aromatic rings. The van der Waals surface area contributed by atoms with Crippen molar-refractivity contribution in [3.63, 3.8) is 0 Å². The van der Waals surface area contributed by atoms with Crippen molar-refractivity contribution >= 4 is 5.91 Å². The molecular weight excluding hydrogens is 152 g/mol. The summed E-state index contributed by atoms with van der Waals surface area (Å²) in [6, 6.07) is 0.832. The predicted octanol–water partition coefficient (Wildman–Crippen LogP) is 0.605. The van der Waals surface area contributed by atoms with Gasteiger partial charge in [0.1, 0.15) is 0 Å². The summed E-state index contributed by atoms with van der Waals surface area (Å²) in [4.78, 5) is 13.3. The largest absolute Gasteiger partial charge is 0.338 e. The lowest BCUT2D eigenvalue weighted by atomic mass is 10.1. The Balaban J connectivity index is 2.53. The molecule has 12 heavy (non-hydrogen) atoms. The Morgan fingerprint density at radius 2 is 2.33 bits per heavy atom. The zero-order valence-electron chi connectivity index (χ0n) is 8.13. The van der Waals surface area contributed by atoms with Gasteiger partial charge >= 0.3 is 0 Å². The van der Waals surface area contributed by atoms with E-state index >= 15 is 0 Å². The molecule has 3 nitrogen and oxygen atoms in total. The van der Waals surface area contributed by atoms with Gasteiger partial charge in [0.05, 0.1) is 6.54 Å². The fraction of sp³-hybridized carbons (Fsp3) is 0.889. The van der Waals surface area contributed by atoms with Crippen molar-refractivity contribution in [1.29, 1.82) is 0 Å². The first kappa shape index (κ1) is 9.52. The van der Waals surface area contributed by atoms with E-state index in [4.69, 9.17) is 0 Å². The fourth-order valence-corrected chi connectivity index (χ4v) is 1.51. The van der Waals surface area contributed by atoms with E-state index in [2.05, 4.69) is 26.1 Å². The highest BCUT2D eigenvalue weighted by molar-refractivity contribution is 5.79. The Hall–Kier alpha value is -0.570. The van der Waals surface area contributed by atoms with Crippen molar-refractivity contribution < 1.29 is 4.79 Å². The minimum absolute atomic E-state index is 0.231. The average Bonchev–Trinajstić information content (AvgIpc) is 2.05. The van der Waals surface area contributed by atoms with Crippen molar-refractivity contribution in [2.45, 2.75) is 39.3 Å². The molecule has 1 heterocycles. The summed E-state index contributed by atoms with van der Waals surface area (Å²) in [5.41, 5.74) is 0. The highest BCUT2D eigenvalue weighted by Gasteiger charge is 2.25. The van der Waals surface area contributed by atoms with Gasteiger partial charge in [0.15, 0.2) is 0 Å². The number of nitrogens with zero attached hydrogens (tertiary/aromatic N) is 1. The lowest BCUT2D eigenvalue weighted by Crippen LogP contribution is -2.55. The lowest BCUT2D eigenvalue weighted by Gasteiger charge is -2.35. The molecular formula is C9H18N2O. The molecule has 1 amide bonds. The first-order valence-corrected chi connectivity index (χ1v) is 4.68. The van der Waals surface area contributed by atoms with Crippen LogP contribution < -0.4 is 5.32 Å². The summed E-state index contributed by atoms with van der Waals surface area (Å²) in [7, 11) is 0. The van der Waals surface area contributed by atoms with Gasteiger partial charge in [-0.05, 0) is 20.3 Å². The highest BCUT2D eigenvalue weighted by atomic mass is 16.2. The monoisotopic (exact) mass is 170 g/mol. The Labute approximate surface area is 74.1 Å². The molecule has 1 saturated heterocycles. The molecule has 3 heteroatoms. The van der Waals surface area contributed by atoms with Crippen molar-refractivity contribution in [3.8, 4) is 0 Å². The van der Waals surface area contributed by atoms with E-state index in [0.717, 1.165) is 13.0 Å². The van der Waals surface area contributed by atoms with Crippen molar-refractivity contribution in [1.82, 2.24) is 10.2 Å². The minimum Gasteiger partial charge on any atom is -0.338 e. The first-order chi connectivity index (χ1) is 5.65. The molecule has 0 aromatic heterocycles. The number of hydrogen-bond donors (Lipinski definition) is 1. The van der Waals surface area contributed by atoms with Gasteiger partial charge in [0.25, 0.3) is 0 Å². The van der Waals surface area contributed by atoms with Gasteiger partial charge < -0.3 is 10.2 Å². The summed E-state index contributed by atoms with van der Waals surface area (Å²) in [5.74, 6) is 0.231. The Bertz CT molecular complexity index is 168. The summed E-state index contributed by atoms with van der Waals surface area (Å²) in [6.07, 6.45) is 1.09. The molecule has 0 aromatic carbocycles. The fourth-order valence-electron chi connectivity index (χ4n) is 1.51. The predicted molar refractivity (Wildman–Crippen MR) is 48.9 cm³/mol. The number of carbonyl (C=O) groups excluding carboxylic acids is 1. The van der Waals surface area contributed by atoms with Gasteiger partial charge in [-0.15, -0.1) is 0 Å². The van der Waals surface area contributed by atoms with Gasteiger partial charge in [-0.3, -0.25) is 4.79 Å². The number of piperazine rings is 1. The number of amides is 1. The van der Waals surface area contributed by atoms with Crippen LogP contribution >= 0.6 is 0 Å². The van der Waals surface area contributed by atoms with Crippen LogP contribution in [0.3, 0.4) is 0 Å². The van der Waals surface area contributed by atoms with Crippen LogP contribution in [0.2, 0.25) is 0 Å². The second-order valence-electron chi connectivity index (χ2n) is 3.63. The zero-order chi connectivity index (χ0) is 9.14. The van der Waals surface area contributed by atoms with Crippen LogP contribution in [0.5, 0.6) is 0 Å². The van der Waals surface area contributed by atoms with Crippen LogP contribution in [-0.4, -0.2) is 36.0 Å². The van der Waals surface area contributed by atoms with E-state index in [1.54, 1.807) is 0 Å². The molecule has 1 rings (SSSR count).